The largest absolute Gasteiger partial charge is 0.367 e. The lowest BCUT2D eigenvalue weighted by atomic mass is 10.2. The van der Waals surface area contributed by atoms with Crippen molar-refractivity contribution in [3.05, 3.63) is 60.0 Å². The molecule has 9 nitrogen and oxygen atoms in total. The van der Waals surface area contributed by atoms with E-state index in [0.717, 1.165) is 38.3 Å². The molecule has 0 radical (unpaired) electrons. The van der Waals surface area contributed by atoms with Crippen molar-refractivity contribution in [2.45, 2.75) is 52.2 Å². The molecule has 4 rings (SSSR count). The van der Waals surface area contributed by atoms with Crippen LogP contribution in [0.5, 0.6) is 0 Å². The Morgan fingerprint density at radius 2 is 1.68 bits per heavy atom. The number of nitrogens with one attached hydrogen (secondary N) is 3. The molecule has 0 bridgehead atoms. The number of hydrogen-bond acceptors (Lipinski definition) is 8. The van der Waals surface area contributed by atoms with E-state index in [-0.39, 0.29) is 5.82 Å². The van der Waals surface area contributed by atoms with Crippen molar-refractivity contribution >= 4 is 44.5 Å². The molecule has 216 valence electrons. The maximum atomic E-state index is 15.1. The number of anilines is 6. The standard InChI is InChI=1S/C29H40FN7O2S/c1-6-7-13-36-14-16-37(17-15-36)26-12-11-23(19-25(26)30)33-28-31-20-21(2)27(34-28)32-22-9-8-10-24(18-22)35-40(38,39)29(3,4)5/h8-12,18-20,35H,6-7,13-17H2,1-5H3,(H2,31,32,33,34). The average Bonchev–Trinajstić information content (AvgIpc) is 2.89. The van der Waals surface area contributed by atoms with E-state index in [9.17, 15) is 8.42 Å². The Balaban J connectivity index is 1.43. The van der Waals surface area contributed by atoms with E-state index in [4.69, 9.17) is 0 Å². The minimum atomic E-state index is -3.56. The van der Waals surface area contributed by atoms with Gasteiger partial charge in [0.05, 0.1) is 16.1 Å². The zero-order valence-corrected chi connectivity index (χ0v) is 24.8. The number of benzene rings is 2. The minimum Gasteiger partial charge on any atom is -0.367 e. The Morgan fingerprint density at radius 1 is 0.975 bits per heavy atom. The molecule has 0 spiro atoms. The minimum absolute atomic E-state index is 0.285. The van der Waals surface area contributed by atoms with E-state index in [1.807, 2.05) is 19.1 Å². The predicted molar refractivity (Wildman–Crippen MR) is 162 cm³/mol. The monoisotopic (exact) mass is 569 g/mol. The van der Waals surface area contributed by atoms with Crippen molar-refractivity contribution in [1.82, 2.24) is 14.9 Å². The molecule has 1 aliphatic heterocycles. The van der Waals surface area contributed by atoms with Gasteiger partial charge in [0, 0.05) is 49.3 Å². The van der Waals surface area contributed by atoms with Crippen LogP contribution >= 0.6 is 0 Å². The van der Waals surface area contributed by atoms with Crippen LogP contribution in [0.4, 0.5) is 38.9 Å². The summed E-state index contributed by atoms with van der Waals surface area (Å²) in [7, 11) is -3.56. The molecule has 1 saturated heterocycles. The van der Waals surface area contributed by atoms with Crippen molar-refractivity contribution < 1.29 is 12.8 Å². The van der Waals surface area contributed by atoms with Gasteiger partial charge in [0.15, 0.2) is 0 Å². The van der Waals surface area contributed by atoms with Crippen molar-refractivity contribution in [3.63, 3.8) is 0 Å². The van der Waals surface area contributed by atoms with E-state index in [2.05, 4.69) is 42.0 Å². The first-order valence-corrected chi connectivity index (χ1v) is 15.2. The zero-order valence-electron chi connectivity index (χ0n) is 24.0. The second-order valence-corrected chi connectivity index (χ2v) is 13.6. The molecule has 1 fully saturated rings. The number of sulfonamides is 1. The molecule has 40 heavy (non-hydrogen) atoms. The van der Waals surface area contributed by atoms with Gasteiger partial charge in [0.2, 0.25) is 16.0 Å². The SMILES string of the molecule is CCCCN1CCN(c2ccc(Nc3ncc(C)c(Nc4cccc(NS(=O)(=O)C(C)(C)C)c4)n3)cc2F)CC1. The van der Waals surface area contributed by atoms with Gasteiger partial charge in [-0.3, -0.25) is 9.62 Å². The molecule has 2 aromatic carbocycles. The van der Waals surface area contributed by atoms with Gasteiger partial charge in [0.1, 0.15) is 11.6 Å². The van der Waals surface area contributed by atoms with Gasteiger partial charge in [-0.15, -0.1) is 0 Å². The van der Waals surface area contributed by atoms with E-state index >= 15 is 4.39 Å². The molecule has 0 atom stereocenters. The topological polar surface area (TPSA) is 102 Å². The Hall–Kier alpha value is -3.44. The quantitative estimate of drug-likeness (QED) is 0.279. The second-order valence-electron chi connectivity index (χ2n) is 11.1. The third kappa shape index (κ3) is 7.39. The summed E-state index contributed by atoms with van der Waals surface area (Å²) in [5, 5.41) is 6.33. The summed E-state index contributed by atoms with van der Waals surface area (Å²) in [5.74, 6) is 0.577. The number of rotatable bonds is 10. The highest BCUT2D eigenvalue weighted by molar-refractivity contribution is 7.94. The first-order chi connectivity index (χ1) is 18.9. The number of aromatic nitrogens is 2. The highest BCUT2D eigenvalue weighted by atomic mass is 32.2. The van der Waals surface area contributed by atoms with Crippen molar-refractivity contribution in [2.75, 3.05) is 53.0 Å². The summed E-state index contributed by atoms with van der Waals surface area (Å²) in [5.41, 5.74) is 3.06. The van der Waals surface area contributed by atoms with Crippen LogP contribution < -0.4 is 20.3 Å². The summed E-state index contributed by atoms with van der Waals surface area (Å²) >= 11 is 0. The molecule has 3 N–H and O–H groups in total. The molecule has 0 amide bonds. The third-order valence-corrected chi connectivity index (χ3v) is 9.02. The van der Waals surface area contributed by atoms with Gasteiger partial charge in [0.25, 0.3) is 0 Å². The smallest absolute Gasteiger partial charge is 0.237 e. The fourth-order valence-electron chi connectivity index (χ4n) is 4.30. The number of aryl methyl sites for hydroxylation is 1. The maximum Gasteiger partial charge on any atom is 0.237 e. The molecule has 3 aromatic rings. The number of piperazine rings is 1. The Kier molecular flexibility index (Phi) is 9.15. The van der Waals surface area contributed by atoms with Gasteiger partial charge in [-0.2, -0.15) is 4.98 Å². The zero-order chi connectivity index (χ0) is 28.9. The van der Waals surface area contributed by atoms with Crippen LogP contribution in [0.1, 0.15) is 46.1 Å². The molecular formula is C29H40FN7O2S. The van der Waals surface area contributed by atoms with Crippen LogP contribution in [-0.4, -0.2) is 60.8 Å². The molecule has 1 aromatic heterocycles. The van der Waals surface area contributed by atoms with Crippen molar-refractivity contribution in [3.8, 4) is 0 Å². The summed E-state index contributed by atoms with van der Waals surface area (Å²) in [6, 6.07) is 12.1. The van der Waals surface area contributed by atoms with Gasteiger partial charge >= 0.3 is 0 Å². The maximum absolute atomic E-state index is 15.1. The van der Waals surface area contributed by atoms with Crippen LogP contribution in [0.2, 0.25) is 0 Å². The lowest BCUT2D eigenvalue weighted by Gasteiger charge is -2.36. The van der Waals surface area contributed by atoms with Crippen LogP contribution in [0.25, 0.3) is 0 Å². The Bertz CT molecular complexity index is 1420. The molecule has 0 unspecified atom stereocenters. The van der Waals surface area contributed by atoms with Gasteiger partial charge in [-0.05, 0) is 77.1 Å². The van der Waals surface area contributed by atoms with Crippen LogP contribution in [0, 0.1) is 12.7 Å². The van der Waals surface area contributed by atoms with Gasteiger partial charge in [-0.25, -0.2) is 17.8 Å². The molecular weight excluding hydrogens is 529 g/mol. The normalized spacial score (nSPS) is 14.7. The number of unbranched alkanes of at least 4 members (excludes halogenated alkanes) is 1. The highest BCUT2D eigenvalue weighted by Crippen LogP contribution is 2.28. The summed E-state index contributed by atoms with van der Waals surface area (Å²) in [4.78, 5) is 13.5. The summed E-state index contributed by atoms with van der Waals surface area (Å²) in [6.07, 6.45) is 4.05. The summed E-state index contributed by atoms with van der Waals surface area (Å²) in [6.45, 7) is 13.6. The lowest BCUT2D eigenvalue weighted by Crippen LogP contribution is -2.46. The first kappa shape index (κ1) is 29.5. The molecule has 2 heterocycles. The van der Waals surface area contributed by atoms with Crippen LogP contribution in [-0.2, 0) is 10.0 Å². The molecule has 0 saturated carbocycles. The van der Waals surface area contributed by atoms with Gasteiger partial charge in [-0.1, -0.05) is 19.4 Å². The van der Waals surface area contributed by atoms with Crippen LogP contribution in [0.3, 0.4) is 0 Å². The van der Waals surface area contributed by atoms with E-state index in [0.29, 0.717) is 34.5 Å². The Labute approximate surface area is 237 Å². The molecule has 11 heteroatoms. The molecule has 0 aliphatic carbocycles. The average molecular weight is 570 g/mol. The van der Waals surface area contributed by atoms with E-state index < -0.39 is 14.8 Å². The van der Waals surface area contributed by atoms with E-state index in [1.165, 1.54) is 18.9 Å². The fourth-order valence-corrected chi connectivity index (χ4v) is 5.04. The van der Waals surface area contributed by atoms with Crippen molar-refractivity contribution in [1.29, 1.82) is 0 Å². The van der Waals surface area contributed by atoms with E-state index in [1.54, 1.807) is 51.2 Å². The summed E-state index contributed by atoms with van der Waals surface area (Å²) < 4.78 is 41.9. The first-order valence-electron chi connectivity index (χ1n) is 13.7. The van der Waals surface area contributed by atoms with Gasteiger partial charge < -0.3 is 15.5 Å². The number of hydrogen-bond donors (Lipinski definition) is 3. The number of nitrogens with zero attached hydrogens (tertiary/aromatic N) is 4. The fraction of sp³-hybridized carbons (Fsp3) is 0.448. The second kappa shape index (κ2) is 12.4. The number of halogens is 1. The van der Waals surface area contributed by atoms with Crippen molar-refractivity contribution in [2.24, 2.45) is 0 Å². The van der Waals surface area contributed by atoms with Crippen LogP contribution in [0.15, 0.2) is 48.7 Å². The highest BCUT2D eigenvalue weighted by Gasteiger charge is 2.29. The third-order valence-electron chi connectivity index (χ3n) is 6.90. The lowest BCUT2D eigenvalue weighted by molar-refractivity contribution is 0.253. The Morgan fingerprint density at radius 3 is 2.35 bits per heavy atom. The molecule has 1 aliphatic rings. The predicted octanol–water partition coefficient (Wildman–Crippen LogP) is 5.87.